The molecule has 0 heterocycles. The van der Waals surface area contributed by atoms with E-state index in [0.29, 0.717) is 0 Å². The minimum absolute atomic E-state index is 0.168. The molecule has 1 unspecified atom stereocenters. The van der Waals surface area contributed by atoms with E-state index in [2.05, 4.69) is 0 Å². The number of carboxylic acids is 1. The first-order chi connectivity index (χ1) is 10.4. The van der Waals surface area contributed by atoms with Crippen molar-refractivity contribution in [2.24, 2.45) is 0 Å². The molecule has 2 aromatic rings. The monoisotopic (exact) mass is 320 g/mol. The molecule has 0 saturated heterocycles. The van der Waals surface area contributed by atoms with Gasteiger partial charge in [-0.1, -0.05) is 54.6 Å². The fraction of sp³-hybridized carbons (Fsp3) is 0.188. The van der Waals surface area contributed by atoms with Crippen LogP contribution in [0.1, 0.15) is 12.0 Å². The van der Waals surface area contributed by atoms with Gasteiger partial charge in [0, 0.05) is 0 Å². The summed E-state index contributed by atoms with van der Waals surface area (Å²) in [4.78, 5) is 10.9. The number of hydrogen-bond acceptors (Lipinski definition) is 3. The summed E-state index contributed by atoms with van der Waals surface area (Å²) in [6.07, 6.45) is 0.0880. The zero-order valence-electron chi connectivity index (χ0n) is 11.7. The first-order valence-corrected chi connectivity index (χ1v) is 8.22. The third-order valence-electron chi connectivity index (χ3n) is 3.39. The fourth-order valence-corrected chi connectivity index (χ4v) is 2.86. The first-order valence-electron chi connectivity index (χ1n) is 6.71. The van der Waals surface area contributed by atoms with E-state index in [1.54, 1.807) is 0 Å². The second-order valence-electron chi connectivity index (χ2n) is 4.94. The van der Waals surface area contributed by atoms with Crippen LogP contribution in [0.3, 0.4) is 0 Å². The largest absolute Gasteiger partial charge is 0.480 e. The van der Waals surface area contributed by atoms with Crippen molar-refractivity contribution in [3.63, 3.8) is 0 Å². The highest BCUT2D eigenvalue weighted by molar-refractivity contribution is 7.87. The summed E-state index contributed by atoms with van der Waals surface area (Å²) >= 11 is 0. The van der Waals surface area contributed by atoms with Gasteiger partial charge in [0.15, 0.2) is 5.25 Å². The van der Waals surface area contributed by atoms with E-state index in [1.165, 1.54) is 0 Å². The van der Waals surface area contributed by atoms with Gasteiger partial charge in [0.1, 0.15) is 0 Å². The van der Waals surface area contributed by atoms with Gasteiger partial charge >= 0.3 is 5.97 Å². The third-order valence-corrected chi connectivity index (χ3v) is 4.55. The van der Waals surface area contributed by atoms with Crippen LogP contribution in [-0.4, -0.2) is 29.3 Å². The standard InChI is InChI=1S/C16H16O5S/c17-16(18)15(22(19,20)21)11-8-12-6-9-14(10-7-12)13-4-2-1-3-5-13/h1-7,9-10,15H,8,11H2,(H,17,18)(H,19,20,21). The number of aryl methyl sites for hydroxylation is 1. The van der Waals surface area contributed by atoms with Gasteiger partial charge in [-0.25, -0.2) is 0 Å². The van der Waals surface area contributed by atoms with Crippen LogP contribution in [0.4, 0.5) is 0 Å². The Kier molecular flexibility index (Phi) is 4.95. The summed E-state index contributed by atoms with van der Waals surface area (Å²) in [6.45, 7) is 0. The molecule has 5 nitrogen and oxygen atoms in total. The molecule has 2 N–H and O–H groups in total. The molecule has 0 bridgehead atoms. The molecule has 0 amide bonds. The van der Waals surface area contributed by atoms with E-state index in [0.717, 1.165) is 16.7 Å². The zero-order chi connectivity index (χ0) is 16.2. The molecular formula is C16H16O5S. The quantitative estimate of drug-likeness (QED) is 0.798. The highest BCUT2D eigenvalue weighted by Gasteiger charge is 2.30. The van der Waals surface area contributed by atoms with Crippen molar-refractivity contribution < 1.29 is 22.9 Å². The molecule has 0 aliphatic carbocycles. The van der Waals surface area contributed by atoms with Crippen LogP contribution in [0.25, 0.3) is 11.1 Å². The van der Waals surface area contributed by atoms with E-state index >= 15 is 0 Å². The number of carboxylic acid groups (broad SMARTS) is 1. The van der Waals surface area contributed by atoms with E-state index in [4.69, 9.17) is 9.66 Å². The first kappa shape index (κ1) is 16.2. The summed E-state index contributed by atoms with van der Waals surface area (Å²) in [7, 11) is -4.59. The second-order valence-corrected chi connectivity index (χ2v) is 6.54. The average molecular weight is 320 g/mol. The molecule has 116 valence electrons. The van der Waals surface area contributed by atoms with Crippen molar-refractivity contribution in [1.29, 1.82) is 0 Å². The molecule has 1 atom stereocenters. The van der Waals surface area contributed by atoms with E-state index in [9.17, 15) is 13.2 Å². The maximum Gasteiger partial charge on any atom is 0.324 e. The normalized spacial score (nSPS) is 12.8. The van der Waals surface area contributed by atoms with E-state index in [1.807, 2.05) is 54.6 Å². The summed E-state index contributed by atoms with van der Waals surface area (Å²) in [5.74, 6) is -1.54. The van der Waals surface area contributed by atoms with Crippen molar-refractivity contribution in [2.45, 2.75) is 18.1 Å². The van der Waals surface area contributed by atoms with Crippen LogP contribution in [0.5, 0.6) is 0 Å². The van der Waals surface area contributed by atoms with Gasteiger partial charge in [-0.3, -0.25) is 9.35 Å². The van der Waals surface area contributed by atoms with Crippen molar-refractivity contribution >= 4 is 16.1 Å². The Balaban J connectivity index is 2.07. The molecule has 0 radical (unpaired) electrons. The molecule has 2 aromatic carbocycles. The van der Waals surface area contributed by atoms with Crippen molar-refractivity contribution in [3.05, 3.63) is 60.2 Å². The fourth-order valence-electron chi connectivity index (χ4n) is 2.19. The SMILES string of the molecule is O=C(O)C(CCc1ccc(-c2ccccc2)cc1)S(=O)(=O)O. The predicted octanol–water partition coefficient (Wildman–Crippen LogP) is 2.63. The van der Waals surface area contributed by atoms with E-state index in [-0.39, 0.29) is 12.8 Å². The minimum atomic E-state index is -4.59. The lowest BCUT2D eigenvalue weighted by atomic mass is 10.0. The van der Waals surface area contributed by atoms with Crippen molar-refractivity contribution in [3.8, 4) is 11.1 Å². The Morgan fingerprint density at radius 3 is 2.00 bits per heavy atom. The summed E-state index contributed by atoms with van der Waals surface area (Å²) < 4.78 is 30.9. The lowest BCUT2D eigenvalue weighted by Gasteiger charge is -2.09. The van der Waals surface area contributed by atoms with Crippen LogP contribution in [0.15, 0.2) is 54.6 Å². The lowest BCUT2D eigenvalue weighted by Crippen LogP contribution is -2.30. The molecular weight excluding hydrogens is 304 g/mol. The summed E-state index contributed by atoms with van der Waals surface area (Å²) in [5.41, 5.74) is 2.90. The average Bonchev–Trinajstić information content (AvgIpc) is 2.47. The Morgan fingerprint density at radius 1 is 0.955 bits per heavy atom. The van der Waals surface area contributed by atoms with Crippen LogP contribution in [0, 0.1) is 0 Å². The van der Waals surface area contributed by atoms with Gasteiger partial charge in [-0.2, -0.15) is 8.42 Å². The second kappa shape index (κ2) is 6.72. The van der Waals surface area contributed by atoms with Gasteiger partial charge in [0.05, 0.1) is 0 Å². The van der Waals surface area contributed by atoms with Gasteiger partial charge in [-0.05, 0) is 29.5 Å². The molecule has 0 spiro atoms. The number of benzene rings is 2. The molecule has 0 fully saturated rings. The Labute approximate surface area is 129 Å². The Morgan fingerprint density at radius 2 is 1.50 bits per heavy atom. The van der Waals surface area contributed by atoms with Crippen LogP contribution < -0.4 is 0 Å². The van der Waals surface area contributed by atoms with Gasteiger partial charge in [0.2, 0.25) is 0 Å². The van der Waals surface area contributed by atoms with Crippen LogP contribution >= 0.6 is 0 Å². The van der Waals surface area contributed by atoms with Crippen molar-refractivity contribution in [1.82, 2.24) is 0 Å². The predicted molar refractivity (Wildman–Crippen MR) is 83.2 cm³/mol. The molecule has 0 aliphatic rings. The topological polar surface area (TPSA) is 91.7 Å². The van der Waals surface area contributed by atoms with Gasteiger partial charge in [-0.15, -0.1) is 0 Å². The smallest absolute Gasteiger partial charge is 0.324 e. The Bertz CT molecular complexity index is 736. The van der Waals surface area contributed by atoms with E-state index < -0.39 is 21.3 Å². The maximum absolute atomic E-state index is 11.0. The third kappa shape index (κ3) is 4.16. The maximum atomic E-state index is 11.0. The molecule has 6 heteroatoms. The lowest BCUT2D eigenvalue weighted by molar-refractivity contribution is -0.136. The zero-order valence-corrected chi connectivity index (χ0v) is 12.5. The van der Waals surface area contributed by atoms with Crippen molar-refractivity contribution in [2.75, 3.05) is 0 Å². The molecule has 2 rings (SSSR count). The molecule has 0 saturated carbocycles. The van der Waals surface area contributed by atoms with Gasteiger partial charge in [0.25, 0.3) is 10.1 Å². The summed E-state index contributed by atoms with van der Waals surface area (Å²) in [6, 6.07) is 17.2. The number of rotatable bonds is 6. The molecule has 0 aromatic heterocycles. The number of carbonyl (C=O) groups is 1. The minimum Gasteiger partial charge on any atom is -0.480 e. The van der Waals surface area contributed by atoms with Gasteiger partial charge < -0.3 is 5.11 Å². The molecule has 22 heavy (non-hydrogen) atoms. The van der Waals surface area contributed by atoms with Crippen LogP contribution in [0.2, 0.25) is 0 Å². The highest BCUT2D eigenvalue weighted by Crippen LogP contribution is 2.20. The number of aliphatic carboxylic acids is 1. The van der Waals surface area contributed by atoms with Crippen LogP contribution in [-0.2, 0) is 21.3 Å². The number of hydrogen-bond donors (Lipinski definition) is 2. The Hall–Kier alpha value is -2.18. The summed E-state index contributed by atoms with van der Waals surface area (Å²) in [5, 5.41) is 7.05. The molecule has 0 aliphatic heterocycles. The highest BCUT2D eigenvalue weighted by atomic mass is 32.2.